The van der Waals surface area contributed by atoms with Crippen molar-refractivity contribution in [2.75, 3.05) is 12.5 Å². The standard InChI is InChI=1S/C20H25N3OS/c1-19(2)15-9-10-20(19,3)11-16(15)22-23-18-21-17(12-25-18)13-5-7-14(24-4)8-6-13/h5-8,11-12,15,22H,9-10H2,1-4H3,(H,21,23)/t15-,20+/m1/s1. The van der Waals surface area contributed by atoms with E-state index in [1.54, 1.807) is 18.4 Å². The summed E-state index contributed by atoms with van der Waals surface area (Å²) in [7, 11) is 1.68. The largest absolute Gasteiger partial charge is 0.497 e. The Morgan fingerprint density at radius 1 is 1.16 bits per heavy atom. The summed E-state index contributed by atoms with van der Waals surface area (Å²) in [6.45, 7) is 7.16. The molecule has 1 fully saturated rings. The summed E-state index contributed by atoms with van der Waals surface area (Å²) in [5, 5.41) is 2.96. The summed E-state index contributed by atoms with van der Waals surface area (Å²) >= 11 is 1.61. The van der Waals surface area contributed by atoms with Gasteiger partial charge in [0.25, 0.3) is 0 Å². The van der Waals surface area contributed by atoms with Gasteiger partial charge in [-0.1, -0.05) is 26.8 Å². The maximum atomic E-state index is 5.21. The first kappa shape index (κ1) is 16.5. The van der Waals surface area contributed by atoms with Gasteiger partial charge in [-0.25, -0.2) is 4.98 Å². The van der Waals surface area contributed by atoms with Crippen molar-refractivity contribution < 1.29 is 4.74 Å². The minimum Gasteiger partial charge on any atom is -0.497 e. The number of thiazole rings is 1. The fourth-order valence-electron chi connectivity index (χ4n) is 4.25. The zero-order valence-corrected chi connectivity index (χ0v) is 16.0. The van der Waals surface area contributed by atoms with Gasteiger partial charge in [-0.2, -0.15) is 0 Å². The van der Waals surface area contributed by atoms with Crippen molar-refractivity contribution in [2.45, 2.75) is 33.6 Å². The number of hydrogen-bond acceptors (Lipinski definition) is 5. The van der Waals surface area contributed by atoms with Crippen LogP contribution in [0.1, 0.15) is 33.6 Å². The Hall–Kier alpha value is -2.01. The number of hydrazine groups is 1. The van der Waals surface area contributed by atoms with Crippen LogP contribution in [0, 0.1) is 16.7 Å². The molecule has 1 saturated carbocycles. The third-order valence-electron chi connectivity index (χ3n) is 6.35. The molecule has 25 heavy (non-hydrogen) atoms. The number of benzene rings is 1. The molecule has 1 heterocycles. The van der Waals surface area contributed by atoms with E-state index in [0.29, 0.717) is 16.7 Å². The van der Waals surface area contributed by atoms with Crippen LogP contribution in [0.3, 0.4) is 0 Å². The molecule has 0 amide bonds. The van der Waals surface area contributed by atoms with Gasteiger partial charge >= 0.3 is 0 Å². The van der Waals surface area contributed by atoms with E-state index in [-0.39, 0.29) is 0 Å². The van der Waals surface area contributed by atoms with Gasteiger partial charge in [0.1, 0.15) is 5.75 Å². The number of ether oxygens (including phenoxy) is 1. The molecule has 132 valence electrons. The van der Waals surface area contributed by atoms with Crippen LogP contribution in [0.2, 0.25) is 0 Å². The third kappa shape index (κ3) is 2.61. The molecule has 5 heteroatoms. The van der Waals surface area contributed by atoms with E-state index in [1.165, 1.54) is 18.5 Å². The number of fused-ring (bicyclic) bond motifs is 2. The predicted molar refractivity (Wildman–Crippen MR) is 104 cm³/mol. The van der Waals surface area contributed by atoms with E-state index < -0.39 is 0 Å². The van der Waals surface area contributed by atoms with E-state index in [2.05, 4.69) is 48.1 Å². The van der Waals surface area contributed by atoms with Gasteiger partial charge in [0.05, 0.1) is 12.8 Å². The summed E-state index contributed by atoms with van der Waals surface area (Å²) in [5.74, 6) is 1.46. The number of rotatable bonds is 5. The molecule has 2 atom stereocenters. The van der Waals surface area contributed by atoms with Crippen molar-refractivity contribution in [3.8, 4) is 17.0 Å². The molecule has 0 radical (unpaired) electrons. The van der Waals surface area contributed by atoms with Gasteiger partial charge in [-0.05, 0) is 47.9 Å². The van der Waals surface area contributed by atoms with Gasteiger partial charge in [0.2, 0.25) is 5.13 Å². The molecule has 2 bridgehead atoms. The molecule has 2 aliphatic rings. The molecule has 0 unspecified atom stereocenters. The fourth-order valence-corrected chi connectivity index (χ4v) is 4.92. The number of aromatic nitrogens is 1. The van der Waals surface area contributed by atoms with Gasteiger partial charge < -0.3 is 10.2 Å². The second-order valence-electron chi connectivity index (χ2n) is 7.85. The molecule has 1 aromatic heterocycles. The highest BCUT2D eigenvalue weighted by Gasteiger charge is 2.56. The third-order valence-corrected chi connectivity index (χ3v) is 7.11. The average Bonchev–Trinajstić information content (AvgIpc) is 3.22. The molecular weight excluding hydrogens is 330 g/mol. The Labute approximate surface area is 153 Å². The maximum Gasteiger partial charge on any atom is 0.202 e. The lowest BCUT2D eigenvalue weighted by molar-refractivity contribution is 0.178. The first-order chi connectivity index (χ1) is 11.9. The Kier molecular flexibility index (Phi) is 3.80. The van der Waals surface area contributed by atoms with Crippen LogP contribution in [0.5, 0.6) is 5.75 Å². The lowest BCUT2D eigenvalue weighted by Crippen LogP contribution is -2.30. The number of anilines is 1. The van der Waals surface area contributed by atoms with Gasteiger partial charge in [-0.3, -0.25) is 5.43 Å². The molecule has 2 aliphatic carbocycles. The quantitative estimate of drug-likeness (QED) is 0.735. The summed E-state index contributed by atoms with van der Waals surface area (Å²) < 4.78 is 5.21. The molecule has 0 saturated heterocycles. The van der Waals surface area contributed by atoms with Crippen LogP contribution < -0.4 is 15.6 Å². The van der Waals surface area contributed by atoms with Crippen molar-refractivity contribution in [3.05, 3.63) is 41.4 Å². The zero-order valence-electron chi connectivity index (χ0n) is 15.2. The van der Waals surface area contributed by atoms with Crippen LogP contribution >= 0.6 is 11.3 Å². The molecular formula is C20H25N3OS. The van der Waals surface area contributed by atoms with E-state index in [1.807, 2.05) is 24.3 Å². The van der Waals surface area contributed by atoms with Crippen molar-refractivity contribution in [1.82, 2.24) is 10.4 Å². The van der Waals surface area contributed by atoms with Crippen molar-refractivity contribution in [3.63, 3.8) is 0 Å². The molecule has 0 spiro atoms. The smallest absolute Gasteiger partial charge is 0.202 e. The van der Waals surface area contributed by atoms with Gasteiger partial charge in [0, 0.05) is 22.6 Å². The average molecular weight is 356 g/mol. The highest BCUT2D eigenvalue weighted by atomic mass is 32.1. The lowest BCUT2D eigenvalue weighted by Gasteiger charge is -2.33. The predicted octanol–water partition coefficient (Wildman–Crippen LogP) is 5.08. The highest BCUT2D eigenvalue weighted by Crippen LogP contribution is 2.63. The summed E-state index contributed by atoms with van der Waals surface area (Å²) in [4.78, 5) is 4.69. The number of nitrogens with zero attached hydrogens (tertiary/aromatic N) is 1. The van der Waals surface area contributed by atoms with Crippen LogP contribution in [0.4, 0.5) is 5.13 Å². The summed E-state index contributed by atoms with van der Waals surface area (Å²) in [6.07, 6.45) is 4.97. The first-order valence-corrected chi connectivity index (χ1v) is 9.66. The van der Waals surface area contributed by atoms with Crippen molar-refractivity contribution >= 4 is 16.5 Å². The molecule has 1 aromatic carbocycles. The second kappa shape index (κ2) is 5.77. The van der Waals surface area contributed by atoms with Gasteiger partial charge in [-0.15, -0.1) is 11.3 Å². The molecule has 2 N–H and O–H groups in total. The Bertz CT molecular complexity index is 809. The zero-order chi connectivity index (χ0) is 17.7. The van der Waals surface area contributed by atoms with Crippen LogP contribution in [0.25, 0.3) is 11.3 Å². The fraction of sp³-hybridized carbons (Fsp3) is 0.450. The minimum absolute atomic E-state index is 0.304. The number of nitrogens with one attached hydrogen (secondary N) is 2. The molecule has 0 aliphatic heterocycles. The van der Waals surface area contributed by atoms with E-state index >= 15 is 0 Å². The monoisotopic (exact) mass is 355 g/mol. The number of methoxy groups -OCH3 is 1. The van der Waals surface area contributed by atoms with E-state index in [9.17, 15) is 0 Å². The molecule has 2 aromatic rings. The maximum absolute atomic E-state index is 5.21. The van der Waals surface area contributed by atoms with Crippen LogP contribution in [-0.4, -0.2) is 12.1 Å². The number of hydrogen-bond donors (Lipinski definition) is 2. The normalized spacial score (nSPS) is 26.4. The summed E-state index contributed by atoms with van der Waals surface area (Å²) in [6, 6.07) is 7.99. The van der Waals surface area contributed by atoms with Crippen LogP contribution in [-0.2, 0) is 0 Å². The minimum atomic E-state index is 0.304. The second-order valence-corrected chi connectivity index (χ2v) is 8.70. The summed E-state index contributed by atoms with van der Waals surface area (Å²) in [5.41, 5.74) is 10.8. The lowest BCUT2D eigenvalue weighted by atomic mass is 9.70. The van der Waals surface area contributed by atoms with Gasteiger partial charge in [0.15, 0.2) is 0 Å². The topological polar surface area (TPSA) is 46.2 Å². The molecule has 4 nitrogen and oxygen atoms in total. The Balaban J connectivity index is 1.44. The first-order valence-electron chi connectivity index (χ1n) is 8.78. The molecule has 4 rings (SSSR count). The number of allylic oxidation sites excluding steroid dienone is 2. The highest BCUT2D eigenvalue weighted by molar-refractivity contribution is 7.14. The van der Waals surface area contributed by atoms with E-state index in [0.717, 1.165) is 22.1 Å². The Morgan fingerprint density at radius 2 is 1.92 bits per heavy atom. The van der Waals surface area contributed by atoms with Crippen molar-refractivity contribution in [1.29, 1.82) is 0 Å². The van der Waals surface area contributed by atoms with Crippen molar-refractivity contribution in [2.24, 2.45) is 16.7 Å². The van der Waals surface area contributed by atoms with E-state index in [4.69, 9.17) is 4.74 Å². The Morgan fingerprint density at radius 3 is 2.52 bits per heavy atom. The van der Waals surface area contributed by atoms with Crippen LogP contribution in [0.15, 0.2) is 41.4 Å². The SMILES string of the molecule is COc1ccc(-c2csc(NNC3=C[C@]4(C)CC[C@H]3C4(C)C)n2)cc1.